The van der Waals surface area contributed by atoms with Crippen LogP contribution < -0.4 is 4.74 Å². The minimum absolute atomic E-state index is 0.300. The lowest BCUT2D eigenvalue weighted by atomic mass is 9.98. The first-order valence-electron chi connectivity index (χ1n) is 7.06. The fourth-order valence-electron chi connectivity index (χ4n) is 2.44. The third-order valence-corrected chi connectivity index (χ3v) is 3.72. The molecule has 1 heterocycles. The summed E-state index contributed by atoms with van der Waals surface area (Å²) in [5, 5.41) is 0. The number of ether oxygens (including phenoxy) is 1. The Hall–Kier alpha value is -1.84. The minimum Gasteiger partial charge on any atom is -0.496 e. The summed E-state index contributed by atoms with van der Waals surface area (Å²) in [6, 6.07) is 5.47. The molecule has 1 amide bonds. The van der Waals surface area contributed by atoms with E-state index in [1.165, 1.54) is 7.11 Å². The highest BCUT2D eigenvalue weighted by Gasteiger charge is 2.27. The molecule has 108 valence electrons. The van der Waals surface area contributed by atoms with E-state index in [0.717, 1.165) is 18.4 Å². The smallest absolute Gasteiger partial charge is 0.295 e. The van der Waals surface area contributed by atoms with Gasteiger partial charge >= 0.3 is 0 Å². The molecule has 0 radical (unpaired) electrons. The molecule has 1 aromatic carbocycles. The molecule has 0 aromatic heterocycles. The zero-order valence-corrected chi connectivity index (χ0v) is 12.3. The zero-order valence-electron chi connectivity index (χ0n) is 12.3. The van der Waals surface area contributed by atoms with Gasteiger partial charge < -0.3 is 9.64 Å². The number of benzene rings is 1. The monoisotopic (exact) mass is 275 g/mol. The molecular weight excluding hydrogens is 254 g/mol. The number of hydrogen-bond donors (Lipinski definition) is 0. The van der Waals surface area contributed by atoms with E-state index in [2.05, 4.69) is 13.8 Å². The number of carbonyl (C=O) groups is 2. The van der Waals surface area contributed by atoms with Crippen LogP contribution in [0, 0.1) is 0 Å². The van der Waals surface area contributed by atoms with Crippen LogP contribution in [0.25, 0.3) is 0 Å². The van der Waals surface area contributed by atoms with Gasteiger partial charge in [0.05, 0.1) is 12.7 Å². The maximum atomic E-state index is 12.4. The largest absolute Gasteiger partial charge is 0.496 e. The molecule has 0 unspecified atom stereocenters. The molecular formula is C16H21NO3. The Kier molecular flexibility index (Phi) is 4.42. The van der Waals surface area contributed by atoms with Gasteiger partial charge in [0.1, 0.15) is 5.75 Å². The Morgan fingerprint density at radius 1 is 1.20 bits per heavy atom. The second kappa shape index (κ2) is 6.07. The summed E-state index contributed by atoms with van der Waals surface area (Å²) in [6.45, 7) is 5.46. The van der Waals surface area contributed by atoms with Crippen molar-refractivity contribution < 1.29 is 14.3 Å². The number of methoxy groups -OCH3 is 1. The number of ketones is 1. The van der Waals surface area contributed by atoms with E-state index in [1.807, 2.05) is 6.07 Å². The number of carbonyl (C=O) groups excluding carboxylic acids is 2. The highest BCUT2D eigenvalue weighted by molar-refractivity contribution is 6.43. The van der Waals surface area contributed by atoms with E-state index in [9.17, 15) is 9.59 Å². The average Bonchev–Trinajstić information content (AvgIpc) is 2.99. The van der Waals surface area contributed by atoms with Gasteiger partial charge in [-0.15, -0.1) is 0 Å². The Morgan fingerprint density at radius 3 is 2.40 bits per heavy atom. The van der Waals surface area contributed by atoms with Crippen molar-refractivity contribution in [1.82, 2.24) is 4.90 Å². The van der Waals surface area contributed by atoms with Gasteiger partial charge in [0.25, 0.3) is 11.7 Å². The Bertz CT molecular complexity index is 516. The van der Waals surface area contributed by atoms with Gasteiger partial charge in [-0.1, -0.05) is 19.9 Å². The number of likely N-dealkylation sites (tertiary alicyclic amines) is 1. The fourth-order valence-corrected chi connectivity index (χ4v) is 2.44. The number of nitrogens with zero attached hydrogens (tertiary/aromatic N) is 1. The van der Waals surface area contributed by atoms with E-state index in [1.54, 1.807) is 17.0 Å². The number of amides is 1. The van der Waals surface area contributed by atoms with Crippen LogP contribution in [0.5, 0.6) is 5.75 Å². The standard InChI is InChI=1S/C16H21NO3/c1-11(2)12-6-7-14(20-3)13(10-12)15(18)16(19)17-8-4-5-9-17/h6-7,10-11H,4-5,8-9H2,1-3H3. The lowest BCUT2D eigenvalue weighted by Crippen LogP contribution is -2.34. The number of rotatable bonds is 4. The second-order valence-electron chi connectivity index (χ2n) is 5.44. The summed E-state index contributed by atoms with van der Waals surface area (Å²) >= 11 is 0. The van der Waals surface area contributed by atoms with Crippen molar-refractivity contribution in [3.8, 4) is 5.75 Å². The molecule has 2 rings (SSSR count). The predicted octanol–water partition coefficient (Wildman–Crippen LogP) is 2.62. The summed E-state index contributed by atoms with van der Waals surface area (Å²) in [5.74, 6) is -0.116. The molecule has 1 fully saturated rings. The Balaban J connectivity index is 2.31. The van der Waals surface area contributed by atoms with Crippen molar-refractivity contribution in [2.45, 2.75) is 32.6 Å². The average molecular weight is 275 g/mol. The lowest BCUT2D eigenvalue weighted by Gasteiger charge is -2.16. The van der Waals surface area contributed by atoms with E-state index < -0.39 is 11.7 Å². The van der Waals surface area contributed by atoms with Gasteiger partial charge in [-0.3, -0.25) is 9.59 Å². The van der Waals surface area contributed by atoms with Crippen molar-refractivity contribution in [1.29, 1.82) is 0 Å². The van der Waals surface area contributed by atoms with Crippen LogP contribution in [-0.2, 0) is 4.79 Å². The molecule has 20 heavy (non-hydrogen) atoms. The quantitative estimate of drug-likeness (QED) is 0.627. The number of Topliss-reactive ketones (excluding diaryl/α,β-unsaturated/α-hetero) is 1. The topological polar surface area (TPSA) is 46.6 Å². The van der Waals surface area contributed by atoms with Crippen LogP contribution >= 0.6 is 0 Å². The normalized spacial score (nSPS) is 14.7. The van der Waals surface area contributed by atoms with Crippen molar-refractivity contribution in [2.24, 2.45) is 0 Å². The predicted molar refractivity (Wildman–Crippen MR) is 77.2 cm³/mol. The Morgan fingerprint density at radius 2 is 1.85 bits per heavy atom. The summed E-state index contributed by atoms with van der Waals surface area (Å²) in [6.07, 6.45) is 1.95. The maximum absolute atomic E-state index is 12.4. The van der Waals surface area contributed by atoms with E-state index in [4.69, 9.17) is 4.74 Å². The Labute approximate surface area is 119 Å². The molecule has 4 nitrogen and oxygen atoms in total. The first-order chi connectivity index (χ1) is 9.54. The van der Waals surface area contributed by atoms with Gasteiger partial charge in [-0.05, 0) is 36.5 Å². The highest BCUT2D eigenvalue weighted by atomic mass is 16.5. The van der Waals surface area contributed by atoms with Crippen molar-refractivity contribution in [3.05, 3.63) is 29.3 Å². The van der Waals surface area contributed by atoms with Crippen molar-refractivity contribution in [3.63, 3.8) is 0 Å². The van der Waals surface area contributed by atoms with Gasteiger partial charge in [0.15, 0.2) is 0 Å². The first kappa shape index (κ1) is 14.6. The van der Waals surface area contributed by atoms with Gasteiger partial charge in [-0.2, -0.15) is 0 Å². The summed E-state index contributed by atoms with van der Waals surface area (Å²) in [5.41, 5.74) is 1.40. The first-order valence-corrected chi connectivity index (χ1v) is 7.06. The van der Waals surface area contributed by atoms with Crippen LogP contribution in [0.4, 0.5) is 0 Å². The molecule has 4 heteroatoms. The molecule has 0 atom stereocenters. The third kappa shape index (κ3) is 2.84. The van der Waals surface area contributed by atoms with E-state index >= 15 is 0 Å². The summed E-state index contributed by atoms with van der Waals surface area (Å²) < 4.78 is 5.22. The second-order valence-corrected chi connectivity index (χ2v) is 5.44. The maximum Gasteiger partial charge on any atom is 0.295 e. The molecule has 0 bridgehead atoms. The van der Waals surface area contributed by atoms with Crippen LogP contribution in [0.3, 0.4) is 0 Å². The van der Waals surface area contributed by atoms with Crippen molar-refractivity contribution in [2.75, 3.05) is 20.2 Å². The summed E-state index contributed by atoms with van der Waals surface area (Å²) in [7, 11) is 1.52. The molecule has 1 aromatic rings. The van der Waals surface area contributed by atoms with Gasteiger partial charge in [0, 0.05) is 13.1 Å². The molecule has 0 spiro atoms. The van der Waals surface area contributed by atoms with Crippen LogP contribution in [0.1, 0.15) is 48.5 Å². The molecule has 1 saturated heterocycles. The fraction of sp³-hybridized carbons (Fsp3) is 0.500. The molecule has 1 aliphatic rings. The minimum atomic E-state index is -0.466. The summed E-state index contributed by atoms with van der Waals surface area (Å²) in [4.78, 5) is 26.3. The zero-order chi connectivity index (χ0) is 14.7. The van der Waals surface area contributed by atoms with Crippen molar-refractivity contribution >= 4 is 11.7 Å². The van der Waals surface area contributed by atoms with Crippen LogP contribution in [0.15, 0.2) is 18.2 Å². The molecule has 0 N–H and O–H groups in total. The van der Waals surface area contributed by atoms with Crippen LogP contribution in [-0.4, -0.2) is 36.8 Å². The lowest BCUT2D eigenvalue weighted by molar-refractivity contribution is -0.125. The van der Waals surface area contributed by atoms with E-state index in [-0.39, 0.29) is 0 Å². The molecule has 0 aliphatic carbocycles. The molecule has 0 saturated carbocycles. The number of hydrogen-bond acceptors (Lipinski definition) is 3. The van der Waals surface area contributed by atoms with Crippen LogP contribution in [0.2, 0.25) is 0 Å². The highest BCUT2D eigenvalue weighted by Crippen LogP contribution is 2.25. The van der Waals surface area contributed by atoms with Gasteiger partial charge in [0.2, 0.25) is 0 Å². The molecule has 1 aliphatic heterocycles. The van der Waals surface area contributed by atoms with E-state index in [0.29, 0.717) is 30.3 Å². The SMILES string of the molecule is COc1ccc(C(C)C)cc1C(=O)C(=O)N1CCCC1. The third-order valence-electron chi connectivity index (χ3n) is 3.72. The van der Waals surface area contributed by atoms with Gasteiger partial charge in [-0.25, -0.2) is 0 Å².